The van der Waals surface area contributed by atoms with Crippen molar-refractivity contribution >= 4 is 22.4 Å². The smallest absolute Gasteiger partial charge is 0.251 e. The molecule has 1 fully saturated rings. The Kier molecular flexibility index (Phi) is 5.02. The number of halogens is 1. The molecule has 0 aliphatic carbocycles. The third-order valence-corrected chi connectivity index (χ3v) is 4.66. The molecular weight excluding hydrogens is 319 g/mol. The Balaban J connectivity index is 1.74. The highest BCUT2D eigenvalue weighted by Crippen LogP contribution is 2.27. The van der Waals surface area contributed by atoms with Crippen LogP contribution in [-0.2, 0) is 9.53 Å². The molecule has 1 aliphatic heterocycles. The van der Waals surface area contributed by atoms with Crippen LogP contribution in [0.25, 0.3) is 0 Å². The first kappa shape index (κ1) is 16.1. The lowest BCUT2D eigenvalue weighted by molar-refractivity contribution is -0.120. The second kappa shape index (κ2) is 7.18. The summed E-state index contributed by atoms with van der Waals surface area (Å²) >= 11 is 0.821. The minimum Gasteiger partial charge on any atom is -0.381 e. The van der Waals surface area contributed by atoms with E-state index < -0.39 is 11.2 Å². The predicted molar refractivity (Wildman–Crippen MR) is 84.9 cm³/mol. The van der Waals surface area contributed by atoms with Gasteiger partial charge in [0, 0.05) is 19.4 Å². The van der Waals surface area contributed by atoms with Crippen LogP contribution in [0.15, 0.2) is 18.6 Å². The van der Waals surface area contributed by atoms with Crippen LogP contribution in [0.1, 0.15) is 30.9 Å². The second-order valence-electron chi connectivity index (χ2n) is 5.76. The average molecular weight is 338 g/mol. The van der Waals surface area contributed by atoms with E-state index in [1.807, 2.05) is 13.1 Å². The van der Waals surface area contributed by atoms with Crippen molar-refractivity contribution in [2.24, 2.45) is 5.92 Å². The van der Waals surface area contributed by atoms with Crippen LogP contribution in [0.2, 0.25) is 0 Å². The number of aryl methyl sites for hydroxylation is 1. The minimum atomic E-state index is -0.432. The fourth-order valence-electron chi connectivity index (χ4n) is 2.74. The molecule has 1 aliphatic rings. The van der Waals surface area contributed by atoms with Crippen molar-refractivity contribution in [3.8, 4) is 0 Å². The van der Waals surface area contributed by atoms with Crippen LogP contribution < -0.4 is 5.32 Å². The molecule has 1 unspecified atom stereocenters. The van der Waals surface area contributed by atoms with Crippen molar-refractivity contribution in [2.75, 3.05) is 18.5 Å². The summed E-state index contributed by atoms with van der Waals surface area (Å²) in [5, 5.41) is 6.83. The molecule has 6 nitrogen and oxygen atoms in total. The van der Waals surface area contributed by atoms with Gasteiger partial charge in [-0.1, -0.05) is 11.3 Å². The summed E-state index contributed by atoms with van der Waals surface area (Å²) in [6.45, 7) is 3.40. The fraction of sp³-hybridized carbons (Fsp3) is 0.533. The van der Waals surface area contributed by atoms with Crippen molar-refractivity contribution in [2.45, 2.75) is 32.2 Å². The summed E-state index contributed by atoms with van der Waals surface area (Å²) in [6, 6.07) is -0.432. The van der Waals surface area contributed by atoms with Crippen LogP contribution >= 0.6 is 11.3 Å². The lowest BCUT2D eigenvalue weighted by Crippen LogP contribution is -2.30. The number of aromatic nitrogens is 3. The van der Waals surface area contributed by atoms with Crippen molar-refractivity contribution < 1.29 is 13.9 Å². The molecule has 3 heterocycles. The SMILES string of the molecule is Cc1cnn(C(CC2CCOCC2)C(=O)Nc2ncc(F)s2)c1. The normalized spacial score (nSPS) is 17.1. The van der Waals surface area contributed by atoms with E-state index in [-0.39, 0.29) is 11.0 Å². The van der Waals surface area contributed by atoms with E-state index >= 15 is 0 Å². The van der Waals surface area contributed by atoms with Gasteiger partial charge in [0.1, 0.15) is 6.04 Å². The topological polar surface area (TPSA) is 69.0 Å². The molecule has 124 valence electrons. The predicted octanol–water partition coefficient (Wildman–Crippen LogP) is 2.78. The van der Waals surface area contributed by atoms with Gasteiger partial charge in [-0.05, 0) is 37.7 Å². The van der Waals surface area contributed by atoms with Crippen LogP contribution in [0.4, 0.5) is 9.52 Å². The van der Waals surface area contributed by atoms with Crippen molar-refractivity contribution in [3.05, 3.63) is 29.3 Å². The van der Waals surface area contributed by atoms with E-state index in [0.717, 1.165) is 49.2 Å². The Hall–Kier alpha value is -1.80. The van der Waals surface area contributed by atoms with E-state index in [4.69, 9.17) is 4.74 Å². The van der Waals surface area contributed by atoms with E-state index in [0.29, 0.717) is 12.3 Å². The molecule has 0 radical (unpaired) electrons. The number of carbonyl (C=O) groups excluding carboxylic acids is 1. The second-order valence-corrected chi connectivity index (χ2v) is 6.74. The Morgan fingerprint density at radius 1 is 1.52 bits per heavy atom. The maximum atomic E-state index is 13.1. The highest BCUT2D eigenvalue weighted by molar-refractivity contribution is 7.14. The number of nitrogens with zero attached hydrogens (tertiary/aromatic N) is 3. The third kappa shape index (κ3) is 4.14. The molecule has 1 N–H and O–H groups in total. The van der Waals surface area contributed by atoms with E-state index in [1.165, 1.54) is 0 Å². The van der Waals surface area contributed by atoms with Gasteiger partial charge in [-0.3, -0.25) is 9.48 Å². The standard InChI is InChI=1S/C15H19FN4O2S/c1-10-7-18-20(9-10)12(6-11-2-4-22-5-3-11)14(21)19-15-17-8-13(16)23-15/h7-9,11-12H,2-6H2,1H3,(H,17,19,21). The van der Waals surface area contributed by atoms with Crippen LogP contribution in [0, 0.1) is 18.0 Å². The lowest BCUT2D eigenvalue weighted by Gasteiger charge is -2.26. The highest BCUT2D eigenvalue weighted by atomic mass is 32.1. The molecule has 0 spiro atoms. The summed E-state index contributed by atoms with van der Waals surface area (Å²) in [6.07, 6.45) is 7.25. The molecular formula is C15H19FN4O2S. The summed E-state index contributed by atoms with van der Waals surface area (Å²) in [5.74, 6) is 0.200. The molecule has 2 aromatic heterocycles. The number of amides is 1. The molecule has 3 rings (SSSR count). The average Bonchev–Trinajstić information content (AvgIpc) is 3.14. The Morgan fingerprint density at radius 3 is 2.91 bits per heavy atom. The maximum absolute atomic E-state index is 13.1. The molecule has 1 atom stereocenters. The molecule has 0 saturated carbocycles. The van der Waals surface area contributed by atoms with Crippen molar-refractivity contribution in [1.82, 2.24) is 14.8 Å². The van der Waals surface area contributed by atoms with E-state index in [9.17, 15) is 9.18 Å². The monoisotopic (exact) mass is 338 g/mol. The molecule has 1 saturated heterocycles. The zero-order valence-electron chi connectivity index (χ0n) is 12.9. The minimum absolute atomic E-state index is 0.214. The number of carbonyl (C=O) groups is 1. The maximum Gasteiger partial charge on any atom is 0.251 e. The van der Waals surface area contributed by atoms with Gasteiger partial charge in [-0.15, -0.1) is 0 Å². The summed E-state index contributed by atoms with van der Waals surface area (Å²) in [7, 11) is 0. The molecule has 2 aromatic rings. The highest BCUT2D eigenvalue weighted by Gasteiger charge is 2.27. The van der Waals surface area contributed by atoms with Crippen LogP contribution in [0.3, 0.4) is 0 Å². The number of thiazole rings is 1. The first-order valence-corrected chi connectivity index (χ1v) is 8.44. The van der Waals surface area contributed by atoms with Gasteiger partial charge in [-0.2, -0.15) is 9.49 Å². The van der Waals surface area contributed by atoms with E-state index in [2.05, 4.69) is 15.4 Å². The van der Waals surface area contributed by atoms with Gasteiger partial charge < -0.3 is 10.1 Å². The number of nitrogens with one attached hydrogen (secondary N) is 1. The number of rotatable bonds is 5. The first-order valence-electron chi connectivity index (χ1n) is 7.62. The number of hydrogen-bond acceptors (Lipinski definition) is 5. The Labute approximate surface area is 137 Å². The Bertz CT molecular complexity index is 666. The quantitative estimate of drug-likeness (QED) is 0.910. The van der Waals surface area contributed by atoms with Gasteiger partial charge in [0.15, 0.2) is 10.3 Å². The Morgan fingerprint density at radius 2 is 2.30 bits per heavy atom. The molecule has 0 aromatic carbocycles. The van der Waals surface area contributed by atoms with Crippen LogP contribution in [-0.4, -0.2) is 33.9 Å². The fourth-order valence-corrected chi connectivity index (χ4v) is 3.28. The number of anilines is 1. The molecule has 0 bridgehead atoms. The number of hydrogen-bond donors (Lipinski definition) is 1. The summed E-state index contributed by atoms with van der Waals surface area (Å²) < 4.78 is 20.1. The third-order valence-electron chi connectivity index (χ3n) is 3.96. The first-order chi connectivity index (χ1) is 11.1. The number of ether oxygens (including phenoxy) is 1. The van der Waals surface area contributed by atoms with E-state index in [1.54, 1.807) is 10.9 Å². The van der Waals surface area contributed by atoms with Crippen molar-refractivity contribution in [1.29, 1.82) is 0 Å². The zero-order chi connectivity index (χ0) is 16.2. The van der Waals surface area contributed by atoms with Crippen LogP contribution in [0.5, 0.6) is 0 Å². The summed E-state index contributed by atoms with van der Waals surface area (Å²) in [5.41, 5.74) is 0.995. The molecule has 23 heavy (non-hydrogen) atoms. The van der Waals surface area contributed by atoms with Gasteiger partial charge in [0.05, 0.1) is 12.4 Å². The molecule has 8 heteroatoms. The molecule has 1 amide bonds. The summed E-state index contributed by atoms with van der Waals surface area (Å²) in [4.78, 5) is 16.5. The van der Waals surface area contributed by atoms with Gasteiger partial charge >= 0.3 is 0 Å². The van der Waals surface area contributed by atoms with Gasteiger partial charge in [-0.25, -0.2) is 4.98 Å². The zero-order valence-corrected chi connectivity index (χ0v) is 13.7. The largest absolute Gasteiger partial charge is 0.381 e. The van der Waals surface area contributed by atoms with Gasteiger partial charge in [0.25, 0.3) is 5.91 Å². The van der Waals surface area contributed by atoms with Crippen molar-refractivity contribution in [3.63, 3.8) is 0 Å². The lowest BCUT2D eigenvalue weighted by atomic mass is 9.92. The van der Waals surface area contributed by atoms with Gasteiger partial charge in [0.2, 0.25) is 0 Å².